The lowest BCUT2D eigenvalue weighted by Crippen LogP contribution is -2.17. The van der Waals surface area contributed by atoms with E-state index in [-0.39, 0.29) is 23.3 Å². The summed E-state index contributed by atoms with van der Waals surface area (Å²) in [6, 6.07) is 0. The highest BCUT2D eigenvalue weighted by atomic mass is 32.2. The maximum absolute atomic E-state index is 12.1. The number of hydrogen-bond donors (Lipinski definition) is 0. The van der Waals surface area contributed by atoms with Crippen molar-refractivity contribution in [2.24, 2.45) is 0 Å². The quantitative estimate of drug-likeness (QED) is 0.587. The van der Waals surface area contributed by atoms with Gasteiger partial charge in [0.15, 0.2) is 0 Å². The highest BCUT2D eigenvalue weighted by molar-refractivity contribution is 8.04. The summed E-state index contributed by atoms with van der Waals surface area (Å²) < 4.78 is 10.3. The predicted molar refractivity (Wildman–Crippen MR) is 81.3 cm³/mol. The van der Waals surface area contributed by atoms with Crippen molar-refractivity contribution in [3.8, 4) is 0 Å². The van der Waals surface area contributed by atoms with Gasteiger partial charge >= 0.3 is 11.9 Å². The third-order valence-corrected chi connectivity index (χ3v) is 4.53. The van der Waals surface area contributed by atoms with Crippen LogP contribution in [0, 0.1) is 0 Å². The smallest absolute Gasteiger partial charge is 0.336 e. The minimum Gasteiger partial charge on any atom is -0.463 e. The van der Waals surface area contributed by atoms with E-state index < -0.39 is 0 Å². The van der Waals surface area contributed by atoms with Crippen molar-refractivity contribution in [1.82, 2.24) is 4.90 Å². The highest BCUT2D eigenvalue weighted by Gasteiger charge is 2.39. The lowest BCUT2D eigenvalue weighted by molar-refractivity contribution is -0.142. The maximum atomic E-state index is 12.1. The molecule has 116 valence electrons. The zero-order chi connectivity index (χ0) is 15.6. The van der Waals surface area contributed by atoms with Crippen LogP contribution in [0.2, 0.25) is 0 Å². The molecule has 0 spiro atoms. The van der Waals surface area contributed by atoms with Crippen LogP contribution in [0.15, 0.2) is 22.4 Å². The summed E-state index contributed by atoms with van der Waals surface area (Å²) in [7, 11) is 0. The fraction of sp³-hybridized carbons (Fsp3) is 0.600. The number of carbonyl (C=O) groups is 2. The van der Waals surface area contributed by atoms with Gasteiger partial charge in [-0.25, -0.2) is 9.59 Å². The van der Waals surface area contributed by atoms with Gasteiger partial charge in [0.25, 0.3) is 0 Å². The molecule has 1 atom stereocenters. The van der Waals surface area contributed by atoms with Crippen molar-refractivity contribution >= 4 is 23.7 Å². The van der Waals surface area contributed by atoms with Crippen molar-refractivity contribution in [3.05, 3.63) is 22.4 Å². The normalized spacial score (nSPS) is 23.0. The van der Waals surface area contributed by atoms with Crippen LogP contribution >= 0.6 is 11.8 Å². The van der Waals surface area contributed by atoms with E-state index in [2.05, 4.69) is 0 Å². The van der Waals surface area contributed by atoms with E-state index in [9.17, 15) is 9.59 Å². The molecule has 2 aliphatic rings. The second kappa shape index (κ2) is 6.56. The Kier molecular flexibility index (Phi) is 4.98. The fourth-order valence-corrected chi connectivity index (χ4v) is 3.70. The average Bonchev–Trinajstić information content (AvgIpc) is 2.90. The number of esters is 2. The first-order valence-corrected chi connectivity index (χ1v) is 8.08. The number of hydrogen-bond acceptors (Lipinski definition) is 6. The van der Waals surface area contributed by atoms with Crippen LogP contribution in [0.3, 0.4) is 0 Å². The van der Waals surface area contributed by atoms with E-state index in [0.29, 0.717) is 25.1 Å². The number of rotatable bonds is 4. The third kappa shape index (κ3) is 3.43. The van der Waals surface area contributed by atoms with Crippen molar-refractivity contribution in [3.63, 3.8) is 0 Å². The third-order valence-electron chi connectivity index (χ3n) is 3.25. The summed E-state index contributed by atoms with van der Waals surface area (Å²) in [4.78, 5) is 25.8. The number of thioether (sulfide) groups is 1. The van der Waals surface area contributed by atoms with Gasteiger partial charge in [0.2, 0.25) is 0 Å². The van der Waals surface area contributed by atoms with E-state index in [1.165, 1.54) is 6.08 Å². The van der Waals surface area contributed by atoms with Crippen molar-refractivity contribution < 1.29 is 19.1 Å². The highest BCUT2D eigenvalue weighted by Crippen LogP contribution is 2.47. The second-order valence-electron chi connectivity index (χ2n) is 5.22. The molecule has 0 saturated carbocycles. The maximum Gasteiger partial charge on any atom is 0.336 e. The molecule has 0 N–H and O–H groups in total. The summed E-state index contributed by atoms with van der Waals surface area (Å²) in [5.41, 5.74) is 1.62. The average molecular weight is 311 g/mol. The van der Waals surface area contributed by atoms with Crippen LogP contribution in [-0.4, -0.2) is 41.3 Å². The molecule has 1 fully saturated rings. The summed E-state index contributed by atoms with van der Waals surface area (Å²) in [5, 5.41) is 1.05. The molecular weight excluding hydrogens is 290 g/mol. The van der Waals surface area contributed by atoms with Gasteiger partial charge in [-0.05, 0) is 27.7 Å². The Bertz CT molecular complexity index is 510. The van der Waals surface area contributed by atoms with Crippen molar-refractivity contribution in [1.29, 1.82) is 0 Å². The molecule has 1 saturated heterocycles. The lowest BCUT2D eigenvalue weighted by Gasteiger charge is -2.15. The SMILES string of the molecule is CCOC(=O)C=C1C(C)SC2=C(C(=O)OC(C)C)CCN12. The largest absolute Gasteiger partial charge is 0.463 e. The Hall–Kier alpha value is -1.43. The molecule has 2 heterocycles. The summed E-state index contributed by atoms with van der Waals surface area (Å²) >= 11 is 1.60. The summed E-state index contributed by atoms with van der Waals surface area (Å²) in [6.07, 6.45) is 2.06. The van der Waals surface area contributed by atoms with Gasteiger partial charge in [-0.15, -0.1) is 0 Å². The Morgan fingerprint density at radius 2 is 2.19 bits per heavy atom. The van der Waals surface area contributed by atoms with Crippen LogP contribution < -0.4 is 0 Å². The Balaban J connectivity index is 2.21. The van der Waals surface area contributed by atoms with Crippen LogP contribution in [-0.2, 0) is 19.1 Å². The van der Waals surface area contributed by atoms with Gasteiger partial charge in [0, 0.05) is 30.0 Å². The summed E-state index contributed by atoms with van der Waals surface area (Å²) in [5.74, 6) is -0.584. The van der Waals surface area contributed by atoms with Gasteiger partial charge in [0.1, 0.15) is 0 Å². The first-order valence-electron chi connectivity index (χ1n) is 7.20. The summed E-state index contributed by atoms with van der Waals surface area (Å²) in [6.45, 7) is 8.55. The standard InChI is InChI=1S/C15H21NO4S/c1-5-19-13(17)8-12-10(4)21-14-11(6-7-16(12)14)15(18)20-9(2)3/h8-10H,5-7H2,1-4H3. The molecule has 2 rings (SSSR count). The molecule has 0 aromatic heterocycles. The van der Waals surface area contributed by atoms with E-state index in [0.717, 1.165) is 10.7 Å². The van der Waals surface area contributed by atoms with E-state index in [4.69, 9.17) is 9.47 Å². The first-order chi connectivity index (χ1) is 9.93. The van der Waals surface area contributed by atoms with Crippen LogP contribution in [0.25, 0.3) is 0 Å². The minimum atomic E-state index is -0.334. The molecular formula is C15H21NO4S. The molecule has 2 aliphatic heterocycles. The molecule has 5 nitrogen and oxygen atoms in total. The van der Waals surface area contributed by atoms with Gasteiger partial charge in [0.05, 0.1) is 23.3 Å². The minimum absolute atomic E-state index is 0.127. The van der Waals surface area contributed by atoms with Gasteiger partial charge in [-0.1, -0.05) is 11.8 Å². The monoisotopic (exact) mass is 311 g/mol. The van der Waals surface area contributed by atoms with E-state index in [1.807, 2.05) is 25.7 Å². The zero-order valence-corrected chi connectivity index (χ0v) is 13.7. The molecule has 6 heteroatoms. The Morgan fingerprint density at radius 3 is 2.81 bits per heavy atom. The van der Waals surface area contributed by atoms with Crippen LogP contribution in [0.1, 0.15) is 34.1 Å². The molecule has 0 amide bonds. The Labute approximate surface area is 129 Å². The molecule has 0 aromatic carbocycles. The number of carbonyl (C=O) groups excluding carboxylic acids is 2. The fourth-order valence-electron chi connectivity index (χ4n) is 2.40. The lowest BCUT2D eigenvalue weighted by atomic mass is 10.2. The topological polar surface area (TPSA) is 55.8 Å². The molecule has 1 unspecified atom stereocenters. The number of nitrogens with zero attached hydrogens (tertiary/aromatic N) is 1. The van der Waals surface area contributed by atoms with E-state index >= 15 is 0 Å². The first kappa shape index (κ1) is 15.9. The molecule has 0 aromatic rings. The Morgan fingerprint density at radius 1 is 1.48 bits per heavy atom. The molecule has 21 heavy (non-hydrogen) atoms. The predicted octanol–water partition coefficient (Wildman–Crippen LogP) is 2.44. The number of fused-ring (bicyclic) bond motifs is 1. The van der Waals surface area contributed by atoms with Crippen molar-refractivity contribution in [2.45, 2.75) is 45.5 Å². The molecule has 0 bridgehead atoms. The van der Waals surface area contributed by atoms with Gasteiger partial charge in [-0.3, -0.25) is 0 Å². The zero-order valence-electron chi connectivity index (χ0n) is 12.8. The van der Waals surface area contributed by atoms with Crippen LogP contribution in [0.5, 0.6) is 0 Å². The molecule has 0 radical (unpaired) electrons. The van der Waals surface area contributed by atoms with Gasteiger partial charge in [-0.2, -0.15) is 0 Å². The second-order valence-corrected chi connectivity index (χ2v) is 6.55. The van der Waals surface area contributed by atoms with Crippen LogP contribution in [0.4, 0.5) is 0 Å². The van der Waals surface area contributed by atoms with Crippen molar-refractivity contribution in [2.75, 3.05) is 13.2 Å². The number of ether oxygens (including phenoxy) is 2. The van der Waals surface area contributed by atoms with E-state index in [1.54, 1.807) is 18.7 Å². The molecule has 0 aliphatic carbocycles. The van der Waals surface area contributed by atoms with Gasteiger partial charge < -0.3 is 14.4 Å².